The van der Waals surface area contributed by atoms with Gasteiger partial charge in [-0.25, -0.2) is 0 Å². The first-order valence-corrected chi connectivity index (χ1v) is 6.18. The molecule has 2 N–H and O–H groups in total. The van der Waals surface area contributed by atoms with Gasteiger partial charge in [-0.3, -0.25) is 0 Å². The van der Waals surface area contributed by atoms with Crippen molar-refractivity contribution >= 4 is 0 Å². The second kappa shape index (κ2) is 4.55. The highest BCUT2D eigenvalue weighted by Crippen LogP contribution is 2.32. The van der Waals surface area contributed by atoms with E-state index in [-0.39, 0.29) is 0 Å². The zero-order chi connectivity index (χ0) is 11.7. The molecule has 92 valence electrons. The van der Waals surface area contributed by atoms with Crippen LogP contribution in [0.5, 0.6) is 11.5 Å². The molecule has 2 unspecified atom stereocenters. The number of benzene rings is 1. The molecule has 2 aliphatic heterocycles. The molecule has 0 aromatic heterocycles. The quantitative estimate of drug-likeness (QED) is 0.798. The number of rotatable bonds is 2. The fourth-order valence-electron chi connectivity index (χ4n) is 2.45. The number of piperazine rings is 1. The third-order valence-corrected chi connectivity index (χ3v) is 3.49. The Bertz CT molecular complexity index is 408. The van der Waals surface area contributed by atoms with E-state index in [9.17, 15) is 0 Å². The molecule has 0 bridgehead atoms. The van der Waals surface area contributed by atoms with Crippen LogP contribution >= 0.6 is 0 Å². The van der Waals surface area contributed by atoms with Crippen LogP contribution in [-0.2, 0) is 6.42 Å². The molecule has 0 aliphatic carbocycles. The molecule has 3 rings (SSSR count). The van der Waals surface area contributed by atoms with Gasteiger partial charge in [-0.1, -0.05) is 6.07 Å². The molecule has 1 fully saturated rings. The van der Waals surface area contributed by atoms with E-state index in [1.54, 1.807) is 0 Å². The van der Waals surface area contributed by atoms with E-state index in [0.29, 0.717) is 18.9 Å². The largest absolute Gasteiger partial charge is 0.454 e. The maximum absolute atomic E-state index is 5.40. The predicted octanol–water partition coefficient (Wildman–Crippen LogP) is 0.908. The topological polar surface area (TPSA) is 42.5 Å². The summed E-state index contributed by atoms with van der Waals surface area (Å²) in [4.78, 5) is 0. The summed E-state index contributed by atoms with van der Waals surface area (Å²) in [5.41, 5.74) is 1.29. The Labute approximate surface area is 101 Å². The summed E-state index contributed by atoms with van der Waals surface area (Å²) in [6.45, 7) is 4.67. The van der Waals surface area contributed by atoms with Crippen molar-refractivity contribution in [2.45, 2.75) is 25.4 Å². The van der Waals surface area contributed by atoms with Crippen molar-refractivity contribution in [2.24, 2.45) is 0 Å². The summed E-state index contributed by atoms with van der Waals surface area (Å²) < 4.78 is 10.7. The minimum atomic E-state index is 0.346. The third kappa shape index (κ3) is 2.23. The summed E-state index contributed by atoms with van der Waals surface area (Å²) in [5.74, 6) is 1.73. The summed E-state index contributed by atoms with van der Waals surface area (Å²) >= 11 is 0. The zero-order valence-electron chi connectivity index (χ0n) is 10.0. The van der Waals surface area contributed by atoms with Gasteiger partial charge in [0.15, 0.2) is 11.5 Å². The molecule has 4 heteroatoms. The highest BCUT2D eigenvalue weighted by atomic mass is 16.7. The summed E-state index contributed by atoms with van der Waals surface area (Å²) in [7, 11) is 0. The second-order valence-corrected chi connectivity index (χ2v) is 4.70. The minimum absolute atomic E-state index is 0.346. The van der Waals surface area contributed by atoms with Gasteiger partial charge in [0.25, 0.3) is 0 Å². The number of hydrogen-bond acceptors (Lipinski definition) is 4. The normalized spacial score (nSPS) is 27.1. The van der Waals surface area contributed by atoms with Gasteiger partial charge >= 0.3 is 0 Å². The van der Waals surface area contributed by atoms with Crippen LogP contribution < -0.4 is 20.1 Å². The highest BCUT2D eigenvalue weighted by Gasteiger charge is 2.21. The Hall–Kier alpha value is -1.26. The molecule has 2 aliphatic rings. The van der Waals surface area contributed by atoms with E-state index in [1.807, 2.05) is 6.07 Å². The van der Waals surface area contributed by atoms with Gasteiger partial charge in [0.2, 0.25) is 6.79 Å². The average molecular weight is 234 g/mol. The number of ether oxygens (including phenoxy) is 2. The molecular formula is C13H18N2O2. The second-order valence-electron chi connectivity index (χ2n) is 4.70. The Morgan fingerprint density at radius 3 is 2.88 bits per heavy atom. The third-order valence-electron chi connectivity index (χ3n) is 3.49. The fourth-order valence-corrected chi connectivity index (χ4v) is 2.45. The van der Waals surface area contributed by atoms with Crippen molar-refractivity contribution in [3.63, 3.8) is 0 Å². The zero-order valence-corrected chi connectivity index (χ0v) is 10.0. The van der Waals surface area contributed by atoms with E-state index in [1.165, 1.54) is 5.56 Å². The van der Waals surface area contributed by atoms with E-state index in [4.69, 9.17) is 9.47 Å². The van der Waals surface area contributed by atoms with Gasteiger partial charge in [-0.05, 0) is 31.0 Å². The van der Waals surface area contributed by atoms with Crippen LogP contribution in [0.2, 0.25) is 0 Å². The molecule has 4 nitrogen and oxygen atoms in total. The van der Waals surface area contributed by atoms with Crippen molar-refractivity contribution in [3.05, 3.63) is 23.8 Å². The highest BCUT2D eigenvalue weighted by molar-refractivity contribution is 5.44. The van der Waals surface area contributed by atoms with Crippen LogP contribution in [0, 0.1) is 0 Å². The maximum Gasteiger partial charge on any atom is 0.231 e. The Kier molecular flexibility index (Phi) is 2.91. The van der Waals surface area contributed by atoms with Crippen LogP contribution in [0.15, 0.2) is 18.2 Å². The van der Waals surface area contributed by atoms with Crippen molar-refractivity contribution in [3.8, 4) is 11.5 Å². The van der Waals surface area contributed by atoms with E-state index < -0.39 is 0 Å². The van der Waals surface area contributed by atoms with Crippen molar-refractivity contribution < 1.29 is 9.47 Å². The van der Waals surface area contributed by atoms with Crippen molar-refractivity contribution in [1.29, 1.82) is 0 Å². The van der Waals surface area contributed by atoms with Crippen LogP contribution in [0.1, 0.15) is 12.5 Å². The molecule has 0 spiro atoms. The first kappa shape index (κ1) is 10.9. The molecule has 0 amide bonds. The van der Waals surface area contributed by atoms with Gasteiger partial charge in [-0.2, -0.15) is 0 Å². The Morgan fingerprint density at radius 1 is 1.18 bits per heavy atom. The lowest BCUT2D eigenvalue weighted by Crippen LogP contribution is -2.55. The van der Waals surface area contributed by atoms with Crippen molar-refractivity contribution in [1.82, 2.24) is 10.6 Å². The van der Waals surface area contributed by atoms with Gasteiger partial charge in [0.05, 0.1) is 0 Å². The standard InChI is InChI=1S/C13H18N2O2/c1-9-11(15-5-4-14-9)6-10-2-3-12-13(7-10)17-8-16-12/h2-3,7,9,11,14-15H,4-6,8H2,1H3. The monoisotopic (exact) mass is 234 g/mol. The SMILES string of the molecule is CC1NCCNC1Cc1ccc2c(c1)OCO2. The summed E-state index contributed by atoms with van der Waals surface area (Å²) in [6, 6.07) is 7.21. The molecule has 2 atom stereocenters. The van der Waals surface area contributed by atoms with Crippen molar-refractivity contribution in [2.75, 3.05) is 19.9 Å². The van der Waals surface area contributed by atoms with E-state index >= 15 is 0 Å². The molecular weight excluding hydrogens is 216 g/mol. The molecule has 17 heavy (non-hydrogen) atoms. The lowest BCUT2D eigenvalue weighted by molar-refractivity contribution is 0.174. The van der Waals surface area contributed by atoms with Crippen LogP contribution in [0.3, 0.4) is 0 Å². The Balaban J connectivity index is 1.72. The lowest BCUT2D eigenvalue weighted by atomic mass is 9.98. The van der Waals surface area contributed by atoms with Gasteiger partial charge in [0.1, 0.15) is 0 Å². The number of fused-ring (bicyclic) bond motifs is 1. The maximum atomic E-state index is 5.40. The summed E-state index contributed by atoms with van der Waals surface area (Å²) in [6.07, 6.45) is 1.02. The molecule has 0 radical (unpaired) electrons. The van der Waals surface area contributed by atoms with Crippen LogP contribution in [0.4, 0.5) is 0 Å². The van der Waals surface area contributed by atoms with Gasteiger partial charge in [0, 0.05) is 25.2 Å². The average Bonchev–Trinajstić information content (AvgIpc) is 2.79. The summed E-state index contributed by atoms with van der Waals surface area (Å²) in [5, 5.41) is 7.04. The van der Waals surface area contributed by atoms with Gasteiger partial charge in [-0.15, -0.1) is 0 Å². The van der Waals surface area contributed by atoms with Crippen LogP contribution in [0.25, 0.3) is 0 Å². The van der Waals surface area contributed by atoms with E-state index in [2.05, 4.69) is 29.7 Å². The van der Waals surface area contributed by atoms with E-state index in [0.717, 1.165) is 31.0 Å². The smallest absolute Gasteiger partial charge is 0.231 e. The molecule has 1 saturated heterocycles. The Morgan fingerprint density at radius 2 is 2.00 bits per heavy atom. The van der Waals surface area contributed by atoms with Crippen LogP contribution in [-0.4, -0.2) is 32.0 Å². The van der Waals surface area contributed by atoms with Gasteiger partial charge < -0.3 is 20.1 Å². The molecule has 1 aromatic rings. The lowest BCUT2D eigenvalue weighted by Gasteiger charge is -2.31. The predicted molar refractivity (Wildman–Crippen MR) is 65.5 cm³/mol. The number of nitrogens with one attached hydrogen (secondary N) is 2. The molecule has 0 saturated carbocycles. The first-order chi connectivity index (χ1) is 8.33. The first-order valence-electron chi connectivity index (χ1n) is 6.18. The molecule has 2 heterocycles. The number of hydrogen-bond donors (Lipinski definition) is 2. The fraction of sp³-hybridized carbons (Fsp3) is 0.538. The molecule has 1 aromatic carbocycles. The minimum Gasteiger partial charge on any atom is -0.454 e.